The van der Waals surface area contributed by atoms with Crippen molar-refractivity contribution in [1.29, 1.82) is 0 Å². The van der Waals surface area contributed by atoms with E-state index in [9.17, 15) is 16.9 Å². The predicted octanol–water partition coefficient (Wildman–Crippen LogP) is 9.57. The summed E-state index contributed by atoms with van der Waals surface area (Å²) in [5.74, 6) is 0. The summed E-state index contributed by atoms with van der Waals surface area (Å²) in [6, 6.07) is 51.3. The molecule has 0 nitrogen and oxygen atoms in total. The van der Waals surface area contributed by atoms with Gasteiger partial charge in [-0.1, -0.05) is 0 Å². The molecule has 6 aromatic carbocycles. The van der Waals surface area contributed by atoms with Crippen molar-refractivity contribution in [2.45, 2.75) is 0 Å². The van der Waals surface area contributed by atoms with Crippen LogP contribution in [0, 0.1) is 0 Å². The maximum absolute atomic E-state index is 11.2. The van der Waals surface area contributed by atoms with Crippen LogP contribution in [0.3, 0.4) is 0 Å². The van der Waals surface area contributed by atoms with Gasteiger partial charge in [0.05, 0.1) is 0 Å². The fraction of sp³-hybridized carbons (Fsp3) is 0.0303. The minimum atomic E-state index is -11.2. The molecule has 0 bridgehead atoms. The molecule has 0 unspecified atom stereocenters. The SMILES string of the molecule is C[PH](c1ccccc1)(c1ccccc1)c1ccccc1-c1c2ccccc2cc2ccccc12.[F][Sb-]([F])([F])([F])([F])[F].[H+]. The molecule has 6 aromatic rings. The van der Waals surface area contributed by atoms with Gasteiger partial charge in [-0.05, 0) is 0 Å². The zero-order valence-electron chi connectivity index (χ0n) is 23.0. The fourth-order valence-corrected chi connectivity index (χ4v) is 9.31. The molecule has 0 saturated carbocycles. The molecular formula is C33H28F6PSb. The third-order valence-corrected chi connectivity index (χ3v) is 11.7. The Balaban J connectivity index is 0.000000454. The number of hydrogen-bond acceptors (Lipinski definition) is 0. The molecule has 0 radical (unpaired) electrons. The first-order chi connectivity index (χ1) is 19.2. The Labute approximate surface area is 239 Å². The first-order valence-corrected chi connectivity index (χ1v) is 21.2. The van der Waals surface area contributed by atoms with E-state index in [1.54, 1.807) is 0 Å². The van der Waals surface area contributed by atoms with Crippen molar-refractivity contribution in [1.82, 2.24) is 0 Å². The van der Waals surface area contributed by atoms with Gasteiger partial charge in [0, 0.05) is 0 Å². The molecule has 0 N–H and O–H groups in total. The maximum Gasteiger partial charge on any atom is 1.00 e. The second-order valence-electron chi connectivity index (χ2n) is 10.1. The molecule has 0 atom stereocenters. The fourth-order valence-electron chi connectivity index (χ4n) is 5.46. The summed E-state index contributed by atoms with van der Waals surface area (Å²) >= 11 is -11.2. The van der Waals surface area contributed by atoms with E-state index >= 15 is 0 Å². The van der Waals surface area contributed by atoms with Gasteiger partial charge in [0.25, 0.3) is 0 Å². The first kappa shape index (κ1) is 29.2. The summed E-state index contributed by atoms with van der Waals surface area (Å²) in [7, 11) is -2.28. The molecule has 212 valence electrons. The zero-order chi connectivity index (χ0) is 29.4. The summed E-state index contributed by atoms with van der Waals surface area (Å²) in [6.45, 7) is 2.50. The van der Waals surface area contributed by atoms with Gasteiger partial charge in [-0.3, -0.25) is 0 Å². The van der Waals surface area contributed by atoms with Gasteiger partial charge in [0.2, 0.25) is 0 Å². The van der Waals surface area contributed by atoms with E-state index in [2.05, 4.69) is 146 Å². The smallest absolute Gasteiger partial charge is 1.00 e. The normalized spacial score (nSPS) is 14.0. The van der Waals surface area contributed by atoms with E-state index in [0.29, 0.717) is 0 Å². The number of rotatable bonds is 4. The molecule has 8 heteroatoms. The van der Waals surface area contributed by atoms with Gasteiger partial charge in [-0.15, -0.1) is 0 Å². The average molecular weight is 691 g/mol. The predicted molar refractivity (Wildman–Crippen MR) is 166 cm³/mol. The Morgan fingerprint density at radius 1 is 0.488 bits per heavy atom. The molecule has 0 aromatic heterocycles. The van der Waals surface area contributed by atoms with Crippen molar-refractivity contribution in [3.05, 3.63) is 140 Å². The number of benzene rings is 6. The quantitative estimate of drug-likeness (QED) is 0.0748. The molecule has 0 amide bonds. The molecule has 0 saturated heterocycles. The zero-order valence-corrected chi connectivity index (χ0v) is 25.5. The Hall–Kier alpha value is -3.33. The number of hydrogen-bond donors (Lipinski definition) is 0. The molecule has 0 spiro atoms. The van der Waals surface area contributed by atoms with Crippen molar-refractivity contribution in [2.24, 2.45) is 0 Å². The monoisotopic (exact) mass is 690 g/mol. The van der Waals surface area contributed by atoms with Gasteiger partial charge >= 0.3 is 240 Å². The van der Waals surface area contributed by atoms with E-state index in [0.717, 1.165) is 0 Å². The van der Waals surface area contributed by atoms with Crippen LogP contribution in [0.1, 0.15) is 1.43 Å². The largest absolute Gasteiger partial charge is 1.00 e. The molecule has 0 aliphatic rings. The van der Waals surface area contributed by atoms with Crippen molar-refractivity contribution in [2.75, 3.05) is 6.66 Å². The van der Waals surface area contributed by atoms with Crippen molar-refractivity contribution in [3.8, 4) is 11.1 Å². The first-order valence-electron chi connectivity index (χ1n) is 12.9. The van der Waals surface area contributed by atoms with Crippen molar-refractivity contribution >= 4 is 64.2 Å². The van der Waals surface area contributed by atoms with E-state index < -0.39 is 26.7 Å². The van der Waals surface area contributed by atoms with Gasteiger partial charge in [0.15, 0.2) is 0 Å². The van der Waals surface area contributed by atoms with Gasteiger partial charge in [-0.25, -0.2) is 0 Å². The van der Waals surface area contributed by atoms with Crippen LogP contribution >= 0.6 is 7.26 Å². The van der Waals surface area contributed by atoms with Crippen LogP contribution in [-0.2, 0) is 0 Å². The van der Waals surface area contributed by atoms with Crippen LogP contribution in [0.4, 0.5) is 16.9 Å². The number of fused-ring (bicyclic) bond motifs is 2. The van der Waals surface area contributed by atoms with E-state index in [-0.39, 0.29) is 1.43 Å². The average Bonchev–Trinajstić information content (AvgIpc) is 2.95. The molecular weight excluding hydrogens is 663 g/mol. The van der Waals surface area contributed by atoms with Gasteiger partial charge in [-0.2, -0.15) is 0 Å². The Kier molecular flexibility index (Phi) is 7.25. The number of halogens is 6. The molecule has 0 heterocycles. The third-order valence-electron chi connectivity index (χ3n) is 7.21. The second kappa shape index (κ2) is 10.2. The standard InChI is InChI=1S/C33H27P.6FH.Sb/c1-34(27-16-4-2-5-17-27,28-18-6-3-7-19-28)32-23-13-12-22-31(32)33-29-20-10-8-14-25(29)24-26-15-9-11-21-30(26)33;;;;;;;/h2-24,34H,1H3;6*1H;/q;;;;;;;+5/p-5. The summed E-state index contributed by atoms with van der Waals surface area (Å²) in [4.78, 5) is 0. The van der Waals surface area contributed by atoms with Crippen LogP contribution in [0.15, 0.2) is 140 Å². The second-order valence-corrected chi connectivity index (χ2v) is 19.5. The van der Waals surface area contributed by atoms with Gasteiger partial charge < -0.3 is 0 Å². The van der Waals surface area contributed by atoms with Crippen LogP contribution in [-0.4, -0.2) is 26.1 Å². The van der Waals surface area contributed by atoms with E-state index in [1.165, 1.54) is 48.6 Å². The molecule has 41 heavy (non-hydrogen) atoms. The molecule has 0 aliphatic heterocycles. The Morgan fingerprint density at radius 3 is 1.32 bits per heavy atom. The Bertz CT molecular complexity index is 1740. The molecule has 6 rings (SSSR count). The van der Waals surface area contributed by atoms with Crippen LogP contribution in [0.25, 0.3) is 32.7 Å². The third kappa shape index (κ3) is 6.94. The molecule has 0 aliphatic carbocycles. The van der Waals surface area contributed by atoms with E-state index in [4.69, 9.17) is 0 Å². The summed E-state index contributed by atoms with van der Waals surface area (Å²) in [5.41, 5.74) is 2.69. The molecule has 0 fully saturated rings. The topological polar surface area (TPSA) is 0 Å². The summed E-state index contributed by atoms with van der Waals surface area (Å²) < 4.78 is 59.6. The van der Waals surface area contributed by atoms with Crippen LogP contribution < -0.4 is 15.9 Å². The summed E-state index contributed by atoms with van der Waals surface area (Å²) in [6.07, 6.45) is 0. The van der Waals surface area contributed by atoms with Crippen molar-refractivity contribution in [3.63, 3.8) is 0 Å². The van der Waals surface area contributed by atoms with Crippen LogP contribution in [0.5, 0.6) is 0 Å². The maximum atomic E-state index is 9.93. The van der Waals surface area contributed by atoms with Crippen LogP contribution in [0.2, 0.25) is 0 Å². The van der Waals surface area contributed by atoms with Gasteiger partial charge in [0.1, 0.15) is 0 Å². The summed E-state index contributed by atoms with van der Waals surface area (Å²) in [5, 5.41) is 9.50. The van der Waals surface area contributed by atoms with E-state index in [1.807, 2.05) is 0 Å². The Morgan fingerprint density at radius 2 is 0.854 bits per heavy atom. The van der Waals surface area contributed by atoms with Crippen molar-refractivity contribution < 1.29 is 18.3 Å². The minimum absolute atomic E-state index is 0. The minimum Gasteiger partial charge on any atom is 1.00 e.